The molecule has 0 unspecified atom stereocenters. The van der Waals surface area contributed by atoms with Crippen LogP contribution in [0.3, 0.4) is 0 Å². The number of nitrogens with one attached hydrogen (secondary N) is 3. The molecule has 0 fully saturated rings. The predicted octanol–water partition coefficient (Wildman–Crippen LogP) is -4.36. The van der Waals surface area contributed by atoms with E-state index in [2.05, 4.69) is 16.0 Å². The Bertz CT molecular complexity index is 1690. The van der Waals surface area contributed by atoms with Crippen molar-refractivity contribution in [2.75, 3.05) is 142 Å². The summed E-state index contributed by atoms with van der Waals surface area (Å²) in [4.78, 5) is 123. The predicted molar refractivity (Wildman–Crippen MR) is 216 cm³/mol. The van der Waals surface area contributed by atoms with Gasteiger partial charge in [0.2, 0.25) is 11.8 Å². The summed E-state index contributed by atoms with van der Waals surface area (Å²) in [5.74, 6) is -11.1. The van der Waals surface area contributed by atoms with Crippen molar-refractivity contribution < 1.29 is 88.8 Å². The van der Waals surface area contributed by atoms with Gasteiger partial charge in [0, 0.05) is 76.8 Å². The van der Waals surface area contributed by atoms with E-state index in [9.17, 15) is 68.4 Å². The molecule has 0 atom stereocenters. The number of carbonyl (C=O) groups is 10. The van der Waals surface area contributed by atoms with Crippen LogP contribution in [0, 0.1) is 0 Å². The lowest BCUT2D eigenvalue weighted by Gasteiger charge is -2.27. The van der Waals surface area contributed by atoms with Gasteiger partial charge in [-0.1, -0.05) is 0 Å². The van der Waals surface area contributed by atoms with E-state index in [1.54, 1.807) is 0 Å². The quantitative estimate of drug-likeness (QED) is 0.0281. The Hall–Kier alpha value is -6.36. The van der Waals surface area contributed by atoms with Crippen LogP contribution in [0.5, 0.6) is 0 Å². The fourth-order valence-electron chi connectivity index (χ4n) is 5.80. The lowest BCUT2D eigenvalue weighted by Crippen LogP contribution is -2.46. The number of amides is 2. The Labute approximate surface area is 360 Å². The average molecular weight is 902 g/mol. The van der Waals surface area contributed by atoms with E-state index >= 15 is 0 Å². The molecule has 27 heteroatoms. The Balaban J connectivity index is 2.71. The van der Waals surface area contributed by atoms with Gasteiger partial charge in [-0.05, 0) is 24.3 Å². The normalized spacial score (nSPS) is 11.3. The van der Waals surface area contributed by atoms with Crippen LogP contribution in [0.2, 0.25) is 0 Å². The SMILES string of the molecule is O=C(O)CN(CCNCC(=O)Nc1ccc(NC(=O)CN(CCN(CCN(CC(=O)O)CC(=O)O)CC(=O)O)CC(=O)O)cc1)CCN(CCN(CC(=O)O)CC(=O)O)CC(=O)O. The summed E-state index contributed by atoms with van der Waals surface area (Å²) >= 11 is 0. The summed E-state index contributed by atoms with van der Waals surface area (Å²) in [6.45, 7) is -5.02. The van der Waals surface area contributed by atoms with Crippen molar-refractivity contribution in [3.05, 3.63) is 24.3 Å². The lowest BCUT2D eigenvalue weighted by atomic mass is 10.2. The second kappa shape index (κ2) is 29.8. The summed E-state index contributed by atoms with van der Waals surface area (Å²) in [6.07, 6.45) is 0. The van der Waals surface area contributed by atoms with Crippen molar-refractivity contribution >= 4 is 70.9 Å². The first-order valence-electron chi connectivity index (χ1n) is 19.1. The smallest absolute Gasteiger partial charge is 0.317 e. The van der Waals surface area contributed by atoms with E-state index in [1.165, 1.54) is 43.9 Å². The fraction of sp³-hybridized carbons (Fsp3) is 0.556. The number of nitrogens with zero attached hydrogens (tertiary/aromatic N) is 6. The zero-order chi connectivity index (χ0) is 47.5. The van der Waals surface area contributed by atoms with E-state index in [0.29, 0.717) is 5.69 Å². The van der Waals surface area contributed by atoms with Gasteiger partial charge in [0.15, 0.2) is 0 Å². The molecule has 0 saturated heterocycles. The number of hydrogen-bond donors (Lipinski definition) is 11. The highest BCUT2D eigenvalue weighted by molar-refractivity contribution is 5.94. The Morgan fingerprint density at radius 1 is 0.333 bits per heavy atom. The van der Waals surface area contributed by atoms with Gasteiger partial charge in [0.25, 0.3) is 0 Å². The summed E-state index contributed by atoms with van der Waals surface area (Å²) < 4.78 is 0. The molecule has 1 rings (SSSR count). The number of rotatable bonds is 37. The van der Waals surface area contributed by atoms with Crippen molar-refractivity contribution in [3.63, 3.8) is 0 Å². The van der Waals surface area contributed by atoms with Gasteiger partial charge in [0.1, 0.15) is 0 Å². The largest absolute Gasteiger partial charge is 0.480 e. The van der Waals surface area contributed by atoms with E-state index in [-0.39, 0.29) is 77.7 Å². The number of aliphatic carboxylic acids is 8. The molecule has 0 aliphatic carbocycles. The third-order valence-corrected chi connectivity index (χ3v) is 8.51. The number of carboxylic acids is 8. The van der Waals surface area contributed by atoms with Crippen molar-refractivity contribution in [3.8, 4) is 0 Å². The van der Waals surface area contributed by atoms with E-state index in [0.717, 1.165) is 9.80 Å². The van der Waals surface area contributed by atoms with Gasteiger partial charge in [-0.2, -0.15) is 0 Å². The van der Waals surface area contributed by atoms with Crippen LogP contribution in [0.25, 0.3) is 0 Å². The topological polar surface area (TPSA) is 388 Å². The van der Waals surface area contributed by atoms with Crippen LogP contribution >= 0.6 is 0 Å². The van der Waals surface area contributed by atoms with Crippen LogP contribution < -0.4 is 16.0 Å². The summed E-state index contributed by atoms with van der Waals surface area (Å²) in [5, 5.41) is 81.7. The highest BCUT2D eigenvalue weighted by atomic mass is 16.4. The lowest BCUT2D eigenvalue weighted by molar-refractivity contribution is -0.144. The fourth-order valence-corrected chi connectivity index (χ4v) is 5.80. The molecule has 1 aromatic carbocycles. The molecule has 63 heavy (non-hydrogen) atoms. The molecule has 0 saturated carbocycles. The molecule has 27 nitrogen and oxygen atoms in total. The molecule has 0 aliphatic rings. The van der Waals surface area contributed by atoms with Crippen LogP contribution in [0.15, 0.2) is 24.3 Å². The minimum absolute atomic E-state index is 0.0114. The molecule has 0 aromatic heterocycles. The average Bonchev–Trinajstić information content (AvgIpc) is 3.14. The van der Waals surface area contributed by atoms with Crippen LogP contribution in [0.4, 0.5) is 11.4 Å². The first-order valence-corrected chi connectivity index (χ1v) is 19.1. The monoisotopic (exact) mass is 901 g/mol. The molecule has 1 aromatic rings. The summed E-state index contributed by atoms with van der Waals surface area (Å²) in [7, 11) is 0. The molecule has 0 spiro atoms. The summed E-state index contributed by atoms with van der Waals surface area (Å²) in [5.41, 5.74) is 0.626. The van der Waals surface area contributed by atoms with E-state index in [4.69, 9.17) is 20.4 Å². The van der Waals surface area contributed by atoms with Crippen molar-refractivity contribution in [1.82, 2.24) is 34.7 Å². The maximum atomic E-state index is 12.8. The molecule has 0 aliphatic heterocycles. The van der Waals surface area contributed by atoms with Gasteiger partial charge in [-0.15, -0.1) is 0 Å². The van der Waals surface area contributed by atoms with Crippen molar-refractivity contribution in [2.24, 2.45) is 0 Å². The summed E-state index contributed by atoms with van der Waals surface area (Å²) in [6, 6.07) is 5.88. The second-order valence-corrected chi connectivity index (χ2v) is 14.0. The van der Waals surface area contributed by atoms with Crippen molar-refractivity contribution in [2.45, 2.75) is 0 Å². The van der Waals surface area contributed by atoms with Crippen molar-refractivity contribution in [1.29, 1.82) is 0 Å². The first-order chi connectivity index (χ1) is 29.6. The highest BCUT2D eigenvalue weighted by Gasteiger charge is 2.21. The number of anilines is 2. The molecule has 11 N–H and O–H groups in total. The van der Waals surface area contributed by atoms with Gasteiger partial charge in [0.05, 0.1) is 65.4 Å². The van der Waals surface area contributed by atoms with Crippen LogP contribution in [-0.4, -0.2) is 261 Å². The van der Waals surface area contributed by atoms with E-state index < -0.39 is 118 Å². The minimum atomic E-state index is -1.29. The van der Waals surface area contributed by atoms with Crippen LogP contribution in [0.1, 0.15) is 0 Å². The zero-order valence-electron chi connectivity index (χ0n) is 34.3. The second-order valence-electron chi connectivity index (χ2n) is 14.0. The Morgan fingerprint density at radius 3 is 0.873 bits per heavy atom. The molecule has 0 radical (unpaired) electrons. The number of carboxylic acid groups (broad SMARTS) is 8. The molecule has 0 bridgehead atoms. The Morgan fingerprint density at radius 2 is 0.571 bits per heavy atom. The molecular weight excluding hydrogens is 846 g/mol. The first kappa shape index (κ1) is 54.7. The third-order valence-electron chi connectivity index (χ3n) is 8.51. The number of benzene rings is 1. The highest BCUT2D eigenvalue weighted by Crippen LogP contribution is 2.13. The van der Waals surface area contributed by atoms with Gasteiger partial charge in [-0.3, -0.25) is 77.3 Å². The molecular formula is C36H55N9O18. The molecule has 0 heterocycles. The van der Waals surface area contributed by atoms with Crippen LogP contribution in [-0.2, 0) is 47.9 Å². The van der Waals surface area contributed by atoms with Gasteiger partial charge in [-0.25, -0.2) is 0 Å². The third kappa shape index (κ3) is 28.7. The maximum absolute atomic E-state index is 12.8. The van der Waals surface area contributed by atoms with Gasteiger partial charge < -0.3 is 56.8 Å². The maximum Gasteiger partial charge on any atom is 0.317 e. The Kier molecular flexibility index (Phi) is 25.9. The van der Waals surface area contributed by atoms with Gasteiger partial charge >= 0.3 is 47.8 Å². The van der Waals surface area contributed by atoms with E-state index in [1.807, 2.05) is 0 Å². The minimum Gasteiger partial charge on any atom is -0.480 e. The standard InChI is InChI=1S/C36H55N9O18/c46-27(15-37-5-6-40(17-29(48)49)7-8-41(18-30(50)51)10-13-44(21-33(56)57)22-34(58)59)38-25-1-3-26(4-2-25)39-28(47)16-43(20-32(54)55)12-9-42(19-31(52)53)11-14-45(23-35(60)61)24-36(62)63/h1-4,37H,5-24H2,(H,38,46)(H,39,47)(H,48,49)(H,50,51)(H,52,53)(H,54,55)(H,56,57)(H,58,59)(H,60,61)(H,62,63). The zero-order valence-corrected chi connectivity index (χ0v) is 34.3. The number of hydrogen-bond acceptors (Lipinski definition) is 17. The molecule has 2 amide bonds. The number of carbonyl (C=O) groups excluding carboxylic acids is 2. The molecule has 352 valence electrons.